The standard InChI is InChI=1S/C17H29N3O8/c1-4-5-12(22)18-11(8-21)15(25)20-14(9(2)3)16(26)19-10(17(27)28)6-7-13(23)24/h9-11,14,21H,4-8H2,1-3H3,(H,18,22)(H,19,26)(H,20,25)(H,23,24)(H,27,28). The van der Waals surface area contributed by atoms with Gasteiger partial charge in [0.05, 0.1) is 6.61 Å². The third kappa shape index (κ3) is 9.31. The predicted molar refractivity (Wildman–Crippen MR) is 97.1 cm³/mol. The average Bonchev–Trinajstić information content (AvgIpc) is 2.60. The fourth-order valence-corrected chi connectivity index (χ4v) is 2.26. The van der Waals surface area contributed by atoms with Gasteiger partial charge in [0.1, 0.15) is 18.1 Å². The number of hydrogen-bond donors (Lipinski definition) is 6. The number of aliphatic carboxylic acids is 2. The Hall–Kier alpha value is -2.69. The molecule has 0 aliphatic carbocycles. The maximum Gasteiger partial charge on any atom is 0.326 e. The summed E-state index contributed by atoms with van der Waals surface area (Å²) in [5, 5.41) is 34.1. The maximum atomic E-state index is 12.4. The van der Waals surface area contributed by atoms with Crippen LogP contribution < -0.4 is 16.0 Å². The topological polar surface area (TPSA) is 182 Å². The summed E-state index contributed by atoms with van der Waals surface area (Å²) in [6.07, 6.45) is -0.0508. The molecule has 0 aliphatic rings. The molecule has 3 amide bonds. The molecule has 6 N–H and O–H groups in total. The number of rotatable bonds is 13. The first-order chi connectivity index (χ1) is 13.0. The van der Waals surface area contributed by atoms with E-state index in [-0.39, 0.29) is 12.8 Å². The van der Waals surface area contributed by atoms with Gasteiger partial charge in [0.25, 0.3) is 0 Å². The number of amides is 3. The van der Waals surface area contributed by atoms with Gasteiger partial charge < -0.3 is 31.3 Å². The van der Waals surface area contributed by atoms with E-state index in [2.05, 4.69) is 16.0 Å². The van der Waals surface area contributed by atoms with E-state index in [0.717, 1.165) is 0 Å². The third-order valence-electron chi connectivity index (χ3n) is 3.82. The Morgan fingerprint density at radius 1 is 0.857 bits per heavy atom. The normalized spacial score (nSPS) is 13.9. The summed E-state index contributed by atoms with van der Waals surface area (Å²) in [4.78, 5) is 58.2. The van der Waals surface area contributed by atoms with E-state index >= 15 is 0 Å². The summed E-state index contributed by atoms with van der Waals surface area (Å²) in [5.74, 6) is -5.08. The second-order valence-corrected chi connectivity index (χ2v) is 6.61. The summed E-state index contributed by atoms with van der Waals surface area (Å²) in [6, 6.07) is -3.83. The number of aliphatic hydroxyl groups is 1. The van der Waals surface area contributed by atoms with Crippen molar-refractivity contribution in [3.8, 4) is 0 Å². The molecular weight excluding hydrogens is 374 g/mol. The van der Waals surface area contributed by atoms with Crippen molar-refractivity contribution in [2.24, 2.45) is 5.92 Å². The van der Waals surface area contributed by atoms with Crippen LogP contribution >= 0.6 is 0 Å². The molecule has 0 saturated carbocycles. The lowest BCUT2D eigenvalue weighted by atomic mass is 10.0. The van der Waals surface area contributed by atoms with Crippen LogP contribution in [0.25, 0.3) is 0 Å². The van der Waals surface area contributed by atoms with E-state index in [9.17, 15) is 29.1 Å². The molecule has 0 aromatic carbocycles. The molecule has 0 spiro atoms. The zero-order chi connectivity index (χ0) is 21.9. The number of carbonyl (C=O) groups is 5. The molecule has 0 saturated heterocycles. The highest BCUT2D eigenvalue weighted by Crippen LogP contribution is 2.06. The molecule has 0 bridgehead atoms. The Balaban J connectivity index is 5.09. The summed E-state index contributed by atoms with van der Waals surface area (Å²) >= 11 is 0. The van der Waals surface area contributed by atoms with Crippen molar-refractivity contribution in [3.05, 3.63) is 0 Å². The fourth-order valence-electron chi connectivity index (χ4n) is 2.26. The lowest BCUT2D eigenvalue weighted by Crippen LogP contribution is -2.58. The van der Waals surface area contributed by atoms with Crippen molar-refractivity contribution >= 4 is 29.7 Å². The summed E-state index contributed by atoms with van der Waals surface area (Å²) in [5.41, 5.74) is 0. The van der Waals surface area contributed by atoms with Crippen LogP contribution in [-0.2, 0) is 24.0 Å². The van der Waals surface area contributed by atoms with Crippen LogP contribution in [0.2, 0.25) is 0 Å². The summed E-state index contributed by atoms with van der Waals surface area (Å²) in [6.45, 7) is 4.32. The van der Waals surface area contributed by atoms with Crippen molar-refractivity contribution in [2.75, 3.05) is 6.61 Å². The third-order valence-corrected chi connectivity index (χ3v) is 3.82. The van der Waals surface area contributed by atoms with Gasteiger partial charge in [-0.15, -0.1) is 0 Å². The molecule has 0 aromatic rings. The molecule has 0 rings (SSSR count). The Kier molecular flexibility index (Phi) is 11.4. The smallest absolute Gasteiger partial charge is 0.326 e. The zero-order valence-electron chi connectivity index (χ0n) is 16.2. The Morgan fingerprint density at radius 2 is 1.46 bits per heavy atom. The summed E-state index contributed by atoms with van der Waals surface area (Å²) < 4.78 is 0. The molecule has 0 heterocycles. The first-order valence-corrected chi connectivity index (χ1v) is 8.98. The van der Waals surface area contributed by atoms with Crippen LogP contribution in [0.15, 0.2) is 0 Å². The molecular formula is C17H29N3O8. The highest BCUT2D eigenvalue weighted by molar-refractivity contribution is 5.93. The minimum atomic E-state index is -1.43. The van der Waals surface area contributed by atoms with Crippen LogP contribution in [0, 0.1) is 5.92 Å². The Morgan fingerprint density at radius 3 is 1.89 bits per heavy atom. The van der Waals surface area contributed by atoms with E-state index in [1.54, 1.807) is 20.8 Å². The van der Waals surface area contributed by atoms with Crippen molar-refractivity contribution in [1.29, 1.82) is 0 Å². The SMILES string of the molecule is CCCC(=O)NC(CO)C(=O)NC(C(=O)NC(CCC(=O)O)C(=O)O)C(C)C. The van der Waals surface area contributed by atoms with E-state index in [4.69, 9.17) is 10.2 Å². The van der Waals surface area contributed by atoms with Crippen LogP contribution in [-0.4, -0.2) is 69.7 Å². The lowest BCUT2D eigenvalue weighted by Gasteiger charge is -2.26. The van der Waals surface area contributed by atoms with Gasteiger partial charge in [-0.3, -0.25) is 19.2 Å². The quantitative estimate of drug-likeness (QED) is 0.222. The fraction of sp³-hybridized carbons (Fsp3) is 0.706. The van der Waals surface area contributed by atoms with Gasteiger partial charge in [-0.25, -0.2) is 4.79 Å². The number of nitrogens with one attached hydrogen (secondary N) is 3. The van der Waals surface area contributed by atoms with Crippen molar-refractivity contribution in [2.45, 2.75) is 64.6 Å². The van der Waals surface area contributed by atoms with E-state index < -0.39 is 66.7 Å². The van der Waals surface area contributed by atoms with Crippen LogP contribution in [0.1, 0.15) is 46.5 Å². The second-order valence-electron chi connectivity index (χ2n) is 6.61. The number of carboxylic acid groups (broad SMARTS) is 2. The number of hydrogen-bond acceptors (Lipinski definition) is 6. The van der Waals surface area contributed by atoms with Crippen molar-refractivity contribution in [3.63, 3.8) is 0 Å². The van der Waals surface area contributed by atoms with Gasteiger partial charge in [0.15, 0.2) is 0 Å². The molecule has 28 heavy (non-hydrogen) atoms. The number of carboxylic acids is 2. The largest absolute Gasteiger partial charge is 0.481 e. The average molecular weight is 403 g/mol. The van der Waals surface area contributed by atoms with E-state index in [1.807, 2.05) is 0 Å². The van der Waals surface area contributed by atoms with Crippen molar-refractivity contribution < 1.29 is 39.3 Å². The highest BCUT2D eigenvalue weighted by atomic mass is 16.4. The first kappa shape index (κ1) is 25.3. The van der Waals surface area contributed by atoms with Gasteiger partial charge in [0.2, 0.25) is 17.7 Å². The highest BCUT2D eigenvalue weighted by Gasteiger charge is 2.31. The van der Waals surface area contributed by atoms with Gasteiger partial charge in [-0.1, -0.05) is 20.8 Å². The molecule has 160 valence electrons. The molecule has 0 fully saturated rings. The Bertz CT molecular complexity index is 579. The molecule has 3 unspecified atom stereocenters. The minimum absolute atomic E-state index is 0.168. The number of carbonyl (C=O) groups excluding carboxylic acids is 3. The summed E-state index contributed by atoms with van der Waals surface area (Å²) in [7, 11) is 0. The van der Waals surface area contributed by atoms with Gasteiger partial charge in [0, 0.05) is 12.8 Å². The predicted octanol–water partition coefficient (Wildman–Crippen LogP) is -1.16. The monoisotopic (exact) mass is 403 g/mol. The molecule has 11 nitrogen and oxygen atoms in total. The van der Waals surface area contributed by atoms with Gasteiger partial charge in [-0.2, -0.15) is 0 Å². The molecule has 0 radical (unpaired) electrons. The Labute approximate surface area is 162 Å². The van der Waals surface area contributed by atoms with Crippen LogP contribution in [0.5, 0.6) is 0 Å². The van der Waals surface area contributed by atoms with Crippen LogP contribution in [0.4, 0.5) is 0 Å². The maximum absolute atomic E-state index is 12.4. The van der Waals surface area contributed by atoms with Gasteiger partial charge >= 0.3 is 11.9 Å². The van der Waals surface area contributed by atoms with Crippen LogP contribution in [0.3, 0.4) is 0 Å². The number of aliphatic hydroxyl groups excluding tert-OH is 1. The van der Waals surface area contributed by atoms with Crippen molar-refractivity contribution in [1.82, 2.24) is 16.0 Å². The second kappa shape index (κ2) is 12.7. The zero-order valence-corrected chi connectivity index (χ0v) is 16.2. The molecule has 0 aliphatic heterocycles. The molecule has 0 aromatic heterocycles. The minimum Gasteiger partial charge on any atom is -0.481 e. The van der Waals surface area contributed by atoms with Gasteiger partial charge in [-0.05, 0) is 18.8 Å². The van der Waals surface area contributed by atoms with E-state index in [1.165, 1.54) is 0 Å². The first-order valence-electron chi connectivity index (χ1n) is 8.98. The van der Waals surface area contributed by atoms with E-state index in [0.29, 0.717) is 6.42 Å². The molecule has 11 heteroatoms. The molecule has 3 atom stereocenters. The lowest BCUT2D eigenvalue weighted by molar-refractivity contribution is -0.143.